The van der Waals surface area contributed by atoms with E-state index in [2.05, 4.69) is 32.5 Å². The molecule has 5 rings (SSSR count). The average Bonchev–Trinajstić information content (AvgIpc) is 3.56. The molecule has 4 aromatic rings. The first-order chi connectivity index (χ1) is 24.7. The number of para-hydroxylation sites is 1. The van der Waals surface area contributed by atoms with Crippen molar-refractivity contribution in [2.24, 2.45) is 5.73 Å². The molecule has 3 amide bonds. The summed E-state index contributed by atoms with van der Waals surface area (Å²) in [6.07, 6.45) is 3.84. The number of hydrogen-bond acceptors (Lipinski definition) is 9. The molecular weight excluding hydrogens is 648 g/mol. The summed E-state index contributed by atoms with van der Waals surface area (Å²) in [6.45, 7) is 7.12. The second kappa shape index (κ2) is 17.7. The van der Waals surface area contributed by atoms with Crippen molar-refractivity contribution < 1.29 is 23.9 Å². The molecule has 0 aliphatic carbocycles. The summed E-state index contributed by atoms with van der Waals surface area (Å²) < 4.78 is 11.8. The second-order valence-electron chi connectivity index (χ2n) is 12.9. The number of benzene rings is 3. The number of aromatic amines is 1. The van der Waals surface area contributed by atoms with Gasteiger partial charge in [-0.2, -0.15) is 0 Å². The summed E-state index contributed by atoms with van der Waals surface area (Å²) in [7, 11) is 5.28. The highest BCUT2D eigenvalue weighted by atomic mass is 16.5. The smallest absolute Gasteiger partial charge is 0.258 e. The normalized spacial score (nSPS) is 13.2. The fourth-order valence-corrected chi connectivity index (χ4v) is 5.99. The maximum Gasteiger partial charge on any atom is 0.258 e. The van der Waals surface area contributed by atoms with E-state index in [-0.39, 0.29) is 17.7 Å². The summed E-state index contributed by atoms with van der Waals surface area (Å²) in [5.41, 5.74) is 9.68. The van der Waals surface area contributed by atoms with E-state index in [4.69, 9.17) is 15.2 Å². The molecule has 1 aliphatic rings. The van der Waals surface area contributed by atoms with Crippen LogP contribution in [0, 0.1) is 6.92 Å². The van der Waals surface area contributed by atoms with Crippen LogP contribution in [-0.4, -0.2) is 105 Å². The Morgan fingerprint density at radius 2 is 1.78 bits per heavy atom. The first-order valence-corrected chi connectivity index (χ1v) is 17.6. The Bertz CT molecular complexity index is 1820. The number of carbonyl (C=O) groups is 3. The maximum absolute atomic E-state index is 13.7. The van der Waals surface area contributed by atoms with Gasteiger partial charge >= 0.3 is 0 Å². The molecule has 0 bridgehead atoms. The minimum atomic E-state index is -0.363. The third-order valence-corrected chi connectivity index (χ3v) is 9.06. The first kappa shape index (κ1) is 37.1. The predicted molar refractivity (Wildman–Crippen MR) is 201 cm³/mol. The highest BCUT2D eigenvalue weighted by molar-refractivity contribution is 6.13. The number of nitrogens with one attached hydrogen (secondary N) is 3. The monoisotopic (exact) mass is 698 g/mol. The summed E-state index contributed by atoms with van der Waals surface area (Å²) in [5, 5.41) is 6.10. The number of rotatable bonds is 16. The summed E-state index contributed by atoms with van der Waals surface area (Å²) >= 11 is 0. The Balaban J connectivity index is 1.19. The number of anilines is 3. The van der Waals surface area contributed by atoms with Gasteiger partial charge in [-0.15, -0.1) is 0 Å². The van der Waals surface area contributed by atoms with Crippen molar-refractivity contribution in [1.29, 1.82) is 0 Å². The van der Waals surface area contributed by atoms with Crippen molar-refractivity contribution in [3.63, 3.8) is 0 Å². The lowest BCUT2D eigenvalue weighted by molar-refractivity contribution is -0.132. The number of amides is 3. The molecule has 5 N–H and O–H groups in total. The molecule has 0 unspecified atom stereocenters. The number of hydrogen-bond donors (Lipinski definition) is 4. The zero-order chi connectivity index (χ0) is 36.3. The molecule has 3 aromatic carbocycles. The van der Waals surface area contributed by atoms with E-state index >= 15 is 0 Å². The molecule has 0 radical (unpaired) electrons. The van der Waals surface area contributed by atoms with Crippen molar-refractivity contribution in [2.75, 3.05) is 82.6 Å². The van der Waals surface area contributed by atoms with E-state index in [0.29, 0.717) is 71.6 Å². The number of likely N-dealkylation sites (N-methyl/N-ethyl adjacent to an activating group) is 1. The SMILES string of the molecule is COc1cc(C(=O)N(C)c2ccc(C)cc2OCCCCCC(=O)N2CCN(C)CC2)ccc1NC(=O)c1cccc2[nH]c(NCCCN)nc12. The van der Waals surface area contributed by atoms with Gasteiger partial charge in [0.2, 0.25) is 11.9 Å². The van der Waals surface area contributed by atoms with E-state index < -0.39 is 0 Å². The predicted octanol–water partition coefficient (Wildman–Crippen LogP) is 4.88. The maximum atomic E-state index is 13.7. The lowest BCUT2D eigenvalue weighted by Crippen LogP contribution is -2.47. The van der Waals surface area contributed by atoms with Crippen LogP contribution in [0.5, 0.6) is 11.5 Å². The number of nitrogens with zero attached hydrogens (tertiary/aromatic N) is 4. The molecule has 2 heterocycles. The topological polar surface area (TPSA) is 158 Å². The lowest BCUT2D eigenvalue weighted by Gasteiger charge is -2.32. The van der Waals surface area contributed by atoms with Gasteiger partial charge in [-0.1, -0.05) is 12.1 Å². The van der Waals surface area contributed by atoms with Gasteiger partial charge in [0, 0.05) is 51.8 Å². The van der Waals surface area contributed by atoms with Crippen LogP contribution in [0.15, 0.2) is 54.6 Å². The van der Waals surface area contributed by atoms with Crippen LogP contribution < -0.4 is 30.7 Å². The fourth-order valence-electron chi connectivity index (χ4n) is 5.99. The number of imidazole rings is 1. The number of carbonyl (C=O) groups excluding carboxylic acids is 3. The van der Waals surface area contributed by atoms with Gasteiger partial charge in [0.05, 0.1) is 36.2 Å². The van der Waals surface area contributed by atoms with Crippen LogP contribution in [0.1, 0.15) is 58.4 Å². The third kappa shape index (κ3) is 9.56. The number of ether oxygens (including phenoxy) is 2. The summed E-state index contributed by atoms with van der Waals surface area (Å²) in [6, 6.07) is 16.0. The largest absolute Gasteiger partial charge is 0.495 e. The van der Waals surface area contributed by atoms with E-state index in [1.165, 1.54) is 7.11 Å². The molecule has 1 aliphatic heterocycles. The lowest BCUT2D eigenvalue weighted by atomic mass is 10.1. The number of aryl methyl sites for hydroxylation is 1. The molecule has 272 valence electrons. The summed E-state index contributed by atoms with van der Waals surface area (Å²) in [4.78, 5) is 53.2. The van der Waals surface area contributed by atoms with E-state index in [1.54, 1.807) is 42.3 Å². The van der Waals surface area contributed by atoms with E-state index in [9.17, 15) is 14.4 Å². The highest BCUT2D eigenvalue weighted by Crippen LogP contribution is 2.32. The highest BCUT2D eigenvalue weighted by Gasteiger charge is 2.22. The third-order valence-electron chi connectivity index (χ3n) is 9.06. The van der Waals surface area contributed by atoms with Crippen molar-refractivity contribution in [3.8, 4) is 11.5 Å². The fraction of sp³-hybridized carbons (Fsp3) is 0.421. The molecule has 13 heteroatoms. The van der Waals surface area contributed by atoms with Gasteiger partial charge in [0.25, 0.3) is 11.8 Å². The average molecular weight is 699 g/mol. The number of unbranched alkanes of at least 4 members (excludes halogenated alkanes) is 2. The van der Waals surface area contributed by atoms with Gasteiger partial charge < -0.3 is 45.5 Å². The standard InChI is InChI=1S/C38H50N8O5/c1-26-13-16-31(33(24-26)51-23-7-5-6-12-34(47)46-21-19-44(2)20-22-46)45(3)37(49)27-14-15-29(32(25-27)50-4)41-36(48)28-10-8-11-30-35(28)43-38(42-30)40-18-9-17-39/h8,10-11,13-16,24-25H,5-7,9,12,17-23,39H2,1-4H3,(H,41,48)(H2,40,42,43). The molecule has 0 atom stereocenters. The zero-order valence-corrected chi connectivity index (χ0v) is 30.1. The van der Waals surface area contributed by atoms with Crippen LogP contribution in [-0.2, 0) is 4.79 Å². The van der Waals surface area contributed by atoms with Crippen LogP contribution in [0.4, 0.5) is 17.3 Å². The second-order valence-corrected chi connectivity index (χ2v) is 12.9. The molecule has 1 saturated heterocycles. The van der Waals surface area contributed by atoms with Crippen molar-refractivity contribution in [2.45, 2.75) is 39.0 Å². The molecule has 1 fully saturated rings. The molecule has 0 saturated carbocycles. The zero-order valence-electron chi connectivity index (χ0n) is 30.1. The van der Waals surface area contributed by atoms with Crippen molar-refractivity contribution in [3.05, 3.63) is 71.3 Å². The molecule has 13 nitrogen and oxygen atoms in total. The quantitative estimate of drug-likeness (QED) is 0.120. The molecular formula is C38H50N8O5. The Morgan fingerprint density at radius 3 is 2.55 bits per heavy atom. The number of fused-ring (bicyclic) bond motifs is 1. The Labute approximate surface area is 299 Å². The van der Waals surface area contributed by atoms with Crippen LogP contribution in [0.2, 0.25) is 0 Å². The number of H-pyrrole nitrogens is 1. The minimum Gasteiger partial charge on any atom is -0.495 e. The van der Waals surface area contributed by atoms with E-state index in [1.807, 2.05) is 36.1 Å². The Kier molecular flexibility index (Phi) is 12.9. The van der Waals surface area contributed by atoms with E-state index in [0.717, 1.165) is 62.9 Å². The van der Waals surface area contributed by atoms with Gasteiger partial charge in [-0.05, 0) is 94.2 Å². The molecule has 0 spiro atoms. The van der Waals surface area contributed by atoms with Gasteiger partial charge in [0.15, 0.2) is 0 Å². The molecule has 1 aromatic heterocycles. The van der Waals surface area contributed by atoms with Crippen LogP contribution >= 0.6 is 0 Å². The number of piperazine rings is 1. The van der Waals surface area contributed by atoms with Crippen molar-refractivity contribution in [1.82, 2.24) is 19.8 Å². The first-order valence-electron chi connectivity index (χ1n) is 17.6. The van der Waals surface area contributed by atoms with Crippen LogP contribution in [0.25, 0.3) is 11.0 Å². The number of methoxy groups -OCH3 is 1. The van der Waals surface area contributed by atoms with Gasteiger partial charge in [0.1, 0.15) is 17.0 Å². The minimum absolute atomic E-state index is 0.227. The van der Waals surface area contributed by atoms with Crippen LogP contribution in [0.3, 0.4) is 0 Å². The number of aromatic nitrogens is 2. The van der Waals surface area contributed by atoms with Crippen molar-refractivity contribution >= 4 is 46.1 Å². The summed E-state index contributed by atoms with van der Waals surface area (Å²) in [5.74, 6) is 1.12. The Morgan fingerprint density at radius 1 is 0.980 bits per heavy atom. The van der Waals surface area contributed by atoms with Gasteiger partial charge in [-0.25, -0.2) is 4.98 Å². The van der Waals surface area contributed by atoms with Gasteiger partial charge in [-0.3, -0.25) is 14.4 Å². The molecule has 51 heavy (non-hydrogen) atoms. The Hall–Kier alpha value is -5.14. The number of nitrogens with two attached hydrogens (primary N) is 1.